The van der Waals surface area contributed by atoms with Crippen molar-refractivity contribution in [1.29, 1.82) is 0 Å². The normalized spacial score (nSPS) is 10.5. The molecule has 2 aromatic rings. The maximum atomic E-state index is 11.5. The van der Waals surface area contributed by atoms with E-state index in [4.69, 9.17) is 9.15 Å². The van der Waals surface area contributed by atoms with E-state index in [1.165, 1.54) is 26.0 Å². The van der Waals surface area contributed by atoms with Crippen molar-refractivity contribution in [1.82, 2.24) is 4.57 Å². The molecular formula is C11H9NO5. The monoisotopic (exact) mass is 235 g/mol. The predicted molar refractivity (Wildman–Crippen MR) is 58.1 cm³/mol. The minimum absolute atomic E-state index is 0.121. The maximum Gasteiger partial charge on any atom is 0.427 e. The van der Waals surface area contributed by atoms with Gasteiger partial charge in [0.25, 0.3) is 0 Å². The molecule has 0 N–H and O–H groups in total. The second-order valence-electron chi connectivity index (χ2n) is 3.42. The highest BCUT2D eigenvalue weighted by atomic mass is 16.5. The third-order valence-corrected chi connectivity index (χ3v) is 2.13. The van der Waals surface area contributed by atoms with Crippen LogP contribution < -0.4 is 10.5 Å². The first kappa shape index (κ1) is 11.1. The van der Waals surface area contributed by atoms with E-state index in [0.29, 0.717) is 0 Å². The molecule has 17 heavy (non-hydrogen) atoms. The van der Waals surface area contributed by atoms with Gasteiger partial charge in [-0.15, -0.1) is 0 Å². The van der Waals surface area contributed by atoms with Crippen LogP contribution in [0.1, 0.15) is 18.6 Å². The van der Waals surface area contributed by atoms with E-state index < -0.39 is 17.6 Å². The number of esters is 1. The zero-order valence-corrected chi connectivity index (χ0v) is 9.22. The molecule has 0 amide bonds. The van der Waals surface area contributed by atoms with Crippen molar-refractivity contribution in [3.05, 3.63) is 28.7 Å². The lowest BCUT2D eigenvalue weighted by Crippen LogP contribution is -2.20. The van der Waals surface area contributed by atoms with Gasteiger partial charge in [0.2, 0.25) is 5.91 Å². The van der Waals surface area contributed by atoms with Gasteiger partial charge in [0.15, 0.2) is 11.3 Å². The van der Waals surface area contributed by atoms with E-state index >= 15 is 0 Å². The second kappa shape index (κ2) is 3.89. The van der Waals surface area contributed by atoms with Crippen molar-refractivity contribution in [3.8, 4) is 5.75 Å². The van der Waals surface area contributed by atoms with Crippen molar-refractivity contribution in [3.63, 3.8) is 0 Å². The SMILES string of the molecule is CC(=O)Oc1cccc2oc(=O)n(C(C)=O)c12. The van der Waals surface area contributed by atoms with Gasteiger partial charge in [-0.2, -0.15) is 0 Å². The summed E-state index contributed by atoms with van der Waals surface area (Å²) in [7, 11) is 0. The molecule has 88 valence electrons. The summed E-state index contributed by atoms with van der Waals surface area (Å²) in [5, 5.41) is 0. The predicted octanol–water partition coefficient (Wildman–Crippen LogP) is 1.18. The van der Waals surface area contributed by atoms with Gasteiger partial charge in [-0.3, -0.25) is 9.59 Å². The summed E-state index contributed by atoms with van der Waals surface area (Å²) in [6, 6.07) is 4.56. The number of rotatable bonds is 1. The smallest absolute Gasteiger partial charge is 0.424 e. The van der Waals surface area contributed by atoms with Gasteiger partial charge in [0.1, 0.15) is 5.52 Å². The minimum Gasteiger partial charge on any atom is -0.424 e. The number of benzene rings is 1. The molecule has 0 aliphatic heterocycles. The Morgan fingerprint density at radius 1 is 1.29 bits per heavy atom. The lowest BCUT2D eigenvalue weighted by molar-refractivity contribution is -0.131. The van der Waals surface area contributed by atoms with Crippen LogP contribution in [0.5, 0.6) is 5.75 Å². The highest BCUT2D eigenvalue weighted by Crippen LogP contribution is 2.24. The molecular weight excluding hydrogens is 226 g/mol. The highest BCUT2D eigenvalue weighted by molar-refractivity contribution is 5.92. The average molecular weight is 235 g/mol. The summed E-state index contributed by atoms with van der Waals surface area (Å²) in [6.07, 6.45) is 0. The van der Waals surface area contributed by atoms with Crippen molar-refractivity contribution >= 4 is 23.0 Å². The van der Waals surface area contributed by atoms with Gasteiger partial charge in [-0.05, 0) is 12.1 Å². The molecule has 0 fully saturated rings. The van der Waals surface area contributed by atoms with E-state index in [1.54, 1.807) is 6.07 Å². The van der Waals surface area contributed by atoms with Crippen LogP contribution in [-0.4, -0.2) is 16.4 Å². The molecule has 0 aliphatic carbocycles. The Morgan fingerprint density at radius 2 is 2.00 bits per heavy atom. The van der Waals surface area contributed by atoms with Crippen LogP contribution in [0.3, 0.4) is 0 Å². The zero-order valence-electron chi connectivity index (χ0n) is 9.22. The van der Waals surface area contributed by atoms with Crippen LogP contribution in [0.15, 0.2) is 27.4 Å². The Balaban J connectivity index is 2.81. The summed E-state index contributed by atoms with van der Waals surface area (Å²) >= 11 is 0. The molecule has 0 saturated carbocycles. The van der Waals surface area contributed by atoms with Crippen molar-refractivity contribution in [2.24, 2.45) is 0 Å². The van der Waals surface area contributed by atoms with E-state index in [2.05, 4.69) is 0 Å². The molecule has 0 atom stereocenters. The summed E-state index contributed by atoms with van der Waals surface area (Å²) < 4.78 is 10.6. The van der Waals surface area contributed by atoms with Crippen LogP contribution in [0.4, 0.5) is 0 Å². The van der Waals surface area contributed by atoms with Gasteiger partial charge in [-0.25, -0.2) is 9.36 Å². The van der Waals surface area contributed by atoms with Crippen LogP contribution in [0.2, 0.25) is 0 Å². The largest absolute Gasteiger partial charge is 0.427 e. The van der Waals surface area contributed by atoms with E-state index in [0.717, 1.165) is 4.57 Å². The number of aromatic nitrogens is 1. The van der Waals surface area contributed by atoms with Crippen LogP contribution in [0.25, 0.3) is 11.1 Å². The molecule has 0 spiro atoms. The summed E-state index contributed by atoms with van der Waals surface area (Å²) in [5.41, 5.74) is 0.365. The molecule has 1 aromatic heterocycles. The third-order valence-electron chi connectivity index (χ3n) is 2.13. The average Bonchev–Trinajstić information content (AvgIpc) is 2.54. The number of fused-ring (bicyclic) bond motifs is 1. The number of oxazole rings is 1. The van der Waals surface area contributed by atoms with Gasteiger partial charge in [0, 0.05) is 13.8 Å². The van der Waals surface area contributed by atoms with Gasteiger partial charge < -0.3 is 9.15 Å². The fourth-order valence-electron chi connectivity index (χ4n) is 1.56. The number of ether oxygens (including phenoxy) is 1. The number of para-hydroxylation sites is 1. The molecule has 0 radical (unpaired) electrons. The number of hydrogen-bond acceptors (Lipinski definition) is 5. The van der Waals surface area contributed by atoms with Crippen molar-refractivity contribution < 1.29 is 18.7 Å². The van der Waals surface area contributed by atoms with Crippen LogP contribution in [0, 0.1) is 0 Å². The van der Waals surface area contributed by atoms with Gasteiger partial charge in [0.05, 0.1) is 0 Å². The molecule has 1 aromatic carbocycles. The van der Waals surface area contributed by atoms with Crippen molar-refractivity contribution in [2.45, 2.75) is 13.8 Å². The lowest BCUT2D eigenvalue weighted by Gasteiger charge is -2.03. The molecule has 0 bridgehead atoms. The first-order valence-electron chi connectivity index (χ1n) is 4.84. The molecule has 0 unspecified atom stereocenters. The zero-order chi connectivity index (χ0) is 12.6. The quantitative estimate of drug-likeness (QED) is 0.547. The highest BCUT2D eigenvalue weighted by Gasteiger charge is 2.17. The maximum absolute atomic E-state index is 11.5. The molecule has 2 rings (SSSR count). The molecule has 6 heteroatoms. The summed E-state index contributed by atoms with van der Waals surface area (Å²) in [4.78, 5) is 33.7. The molecule has 6 nitrogen and oxygen atoms in total. The van der Waals surface area contributed by atoms with Crippen LogP contribution in [-0.2, 0) is 4.79 Å². The molecule has 1 heterocycles. The summed E-state index contributed by atoms with van der Waals surface area (Å²) in [5.74, 6) is -1.72. The Morgan fingerprint density at radius 3 is 2.59 bits per heavy atom. The standard InChI is InChI=1S/C11H9NO5/c1-6(13)12-10-8(16-7(2)14)4-3-5-9(10)17-11(12)15/h3-5H,1-2H3. The minimum atomic E-state index is -0.799. The Labute approximate surface area is 95.4 Å². The van der Waals surface area contributed by atoms with Crippen molar-refractivity contribution in [2.75, 3.05) is 0 Å². The Kier molecular flexibility index (Phi) is 2.55. The first-order chi connectivity index (χ1) is 8.00. The topological polar surface area (TPSA) is 78.5 Å². The fourth-order valence-corrected chi connectivity index (χ4v) is 1.56. The van der Waals surface area contributed by atoms with Crippen LogP contribution >= 0.6 is 0 Å². The second-order valence-corrected chi connectivity index (χ2v) is 3.42. The van der Waals surface area contributed by atoms with E-state index in [-0.39, 0.29) is 16.8 Å². The number of carbonyl (C=O) groups is 2. The van der Waals surface area contributed by atoms with E-state index in [1.807, 2.05) is 0 Å². The first-order valence-corrected chi connectivity index (χ1v) is 4.84. The number of carbonyl (C=O) groups excluding carboxylic acids is 2. The number of hydrogen-bond donors (Lipinski definition) is 0. The fraction of sp³-hybridized carbons (Fsp3) is 0.182. The number of nitrogens with zero attached hydrogens (tertiary/aromatic N) is 1. The van der Waals surface area contributed by atoms with E-state index in [9.17, 15) is 14.4 Å². The summed E-state index contributed by atoms with van der Waals surface area (Å²) in [6.45, 7) is 2.45. The van der Waals surface area contributed by atoms with Gasteiger partial charge >= 0.3 is 11.7 Å². The molecule has 0 aliphatic rings. The lowest BCUT2D eigenvalue weighted by atomic mass is 10.3. The Hall–Kier alpha value is -2.37. The Bertz CT molecular complexity index is 664. The third kappa shape index (κ3) is 1.84. The van der Waals surface area contributed by atoms with Gasteiger partial charge in [-0.1, -0.05) is 6.07 Å². The molecule has 0 saturated heterocycles.